The number of carbonyl (C=O) groups is 1. The number of pyridine rings is 1. The van der Waals surface area contributed by atoms with E-state index in [1.165, 1.54) is 12.4 Å². The Balaban J connectivity index is 1.99. The smallest absolute Gasteiger partial charge is 0.275 e. The van der Waals surface area contributed by atoms with Crippen molar-refractivity contribution >= 4 is 68.9 Å². The van der Waals surface area contributed by atoms with Gasteiger partial charge >= 0.3 is 0 Å². The fourth-order valence-corrected chi connectivity index (χ4v) is 2.79. The molecule has 6 nitrogen and oxygen atoms in total. The van der Waals surface area contributed by atoms with Crippen LogP contribution in [0.3, 0.4) is 0 Å². The predicted octanol–water partition coefficient (Wildman–Crippen LogP) is 4.18. The highest BCUT2D eigenvalue weighted by atomic mass is 35.5. The fraction of sp³-hybridized carbons (Fsp3) is 0. The normalized spacial score (nSPS) is 10.8. The molecule has 2 aromatic heterocycles. The van der Waals surface area contributed by atoms with Crippen LogP contribution in [-0.2, 0) is 0 Å². The maximum absolute atomic E-state index is 12.4. The van der Waals surface area contributed by atoms with Crippen molar-refractivity contribution in [3.63, 3.8) is 0 Å². The minimum atomic E-state index is -0.653. The number of H-pyrrole nitrogens is 1. The van der Waals surface area contributed by atoms with E-state index >= 15 is 0 Å². The summed E-state index contributed by atoms with van der Waals surface area (Å²) in [4.78, 5) is 34.4. The third kappa shape index (κ3) is 3.06. The summed E-state index contributed by atoms with van der Waals surface area (Å²) >= 11 is 23.5. The van der Waals surface area contributed by atoms with Crippen molar-refractivity contribution in [1.29, 1.82) is 0 Å². The molecule has 0 unspecified atom stereocenters. The van der Waals surface area contributed by atoms with Crippen LogP contribution in [0, 0.1) is 0 Å². The monoisotopic (exact) mass is 402 g/mol. The van der Waals surface area contributed by atoms with Crippen molar-refractivity contribution in [1.82, 2.24) is 15.0 Å². The molecule has 1 amide bonds. The van der Waals surface area contributed by atoms with E-state index in [4.69, 9.17) is 46.4 Å². The molecule has 0 atom stereocenters. The fourth-order valence-electron chi connectivity index (χ4n) is 1.97. The Labute approximate surface area is 154 Å². The summed E-state index contributed by atoms with van der Waals surface area (Å²) in [5, 5.41) is 2.52. The van der Waals surface area contributed by atoms with Gasteiger partial charge in [0, 0.05) is 5.69 Å². The number of halogens is 4. The van der Waals surface area contributed by atoms with Gasteiger partial charge in [-0.3, -0.25) is 9.59 Å². The molecular weight excluding hydrogens is 398 g/mol. The van der Waals surface area contributed by atoms with E-state index in [0.29, 0.717) is 16.6 Å². The first kappa shape index (κ1) is 17.0. The van der Waals surface area contributed by atoms with Gasteiger partial charge in [0.2, 0.25) is 0 Å². The van der Waals surface area contributed by atoms with E-state index in [1.807, 2.05) is 0 Å². The standard InChI is InChI=1S/C14H6Cl4N4O2/c15-8-9(16)11(22-12(18)10(8)17)14(24)21-5-1-2-7-6(3-5)13(23)20-4-19-7/h1-4H,(H,21,24)(H,19,20,23). The Bertz CT molecular complexity index is 1040. The van der Waals surface area contributed by atoms with Crippen LogP contribution in [0.25, 0.3) is 10.9 Å². The highest BCUT2D eigenvalue weighted by molar-refractivity contribution is 6.52. The van der Waals surface area contributed by atoms with Gasteiger partial charge in [-0.15, -0.1) is 0 Å². The van der Waals surface area contributed by atoms with Gasteiger partial charge in [-0.25, -0.2) is 9.97 Å². The number of amides is 1. The first-order chi connectivity index (χ1) is 11.4. The Morgan fingerprint density at radius 2 is 1.83 bits per heavy atom. The molecule has 10 heteroatoms. The van der Waals surface area contributed by atoms with Gasteiger partial charge < -0.3 is 10.3 Å². The molecule has 24 heavy (non-hydrogen) atoms. The Kier molecular flexibility index (Phi) is 4.64. The van der Waals surface area contributed by atoms with E-state index in [1.54, 1.807) is 12.1 Å². The van der Waals surface area contributed by atoms with Crippen molar-refractivity contribution in [2.24, 2.45) is 0 Å². The largest absolute Gasteiger partial charge is 0.321 e. The summed E-state index contributed by atoms with van der Waals surface area (Å²) in [5.74, 6) is -0.653. The lowest BCUT2D eigenvalue weighted by atomic mass is 10.2. The number of nitrogens with zero attached hydrogens (tertiary/aromatic N) is 2. The quantitative estimate of drug-likeness (QED) is 0.628. The average Bonchev–Trinajstić information content (AvgIpc) is 2.57. The zero-order valence-electron chi connectivity index (χ0n) is 11.5. The van der Waals surface area contributed by atoms with Crippen LogP contribution in [0.15, 0.2) is 29.3 Å². The third-order valence-corrected chi connectivity index (χ3v) is 4.78. The van der Waals surface area contributed by atoms with Gasteiger partial charge in [0.15, 0.2) is 0 Å². The maximum atomic E-state index is 12.4. The molecule has 0 fully saturated rings. The van der Waals surface area contributed by atoms with Gasteiger partial charge in [0.25, 0.3) is 11.5 Å². The molecule has 2 N–H and O–H groups in total. The minimum Gasteiger partial charge on any atom is -0.321 e. The molecule has 122 valence electrons. The number of hydrogen-bond acceptors (Lipinski definition) is 4. The number of carbonyl (C=O) groups excluding carboxylic acids is 1. The van der Waals surface area contributed by atoms with Crippen molar-refractivity contribution in [3.8, 4) is 0 Å². The van der Waals surface area contributed by atoms with E-state index in [9.17, 15) is 9.59 Å². The second kappa shape index (κ2) is 6.57. The van der Waals surface area contributed by atoms with Crippen molar-refractivity contribution in [2.45, 2.75) is 0 Å². The van der Waals surface area contributed by atoms with E-state index in [0.717, 1.165) is 0 Å². The van der Waals surface area contributed by atoms with Gasteiger partial charge in [0.1, 0.15) is 10.8 Å². The maximum Gasteiger partial charge on any atom is 0.275 e. The molecule has 0 aliphatic carbocycles. The van der Waals surface area contributed by atoms with E-state index in [2.05, 4.69) is 20.3 Å². The van der Waals surface area contributed by atoms with Gasteiger partial charge in [-0.1, -0.05) is 46.4 Å². The Morgan fingerprint density at radius 1 is 1.08 bits per heavy atom. The summed E-state index contributed by atoms with van der Waals surface area (Å²) in [5.41, 5.74) is 0.331. The molecule has 0 aliphatic rings. The first-order valence-corrected chi connectivity index (χ1v) is 7.88. The number of rotatable bonds is 2. The van der Waals surface area contributed by atoms with E-state index < -0.39 is 5.91 Å². The topological polar surface area (TPSA) is 87.7 Å². The lowest BCUT2D eigenvalue weighted by Crippen LogP contribution is -2.15. The first-order valence-electron chi connectivity index (χ1n) is 6.37. The zero-order valence-corrected chi connectivity index (χ0v) is 14.6. The molecule has 1 aromatic carbocycles. The van der Waals surface area contributed by atoms with Gasteiger partial charge in [-0.2, -0.15) is 0 Å². The second-order valence-corrected chi connectivity index (χ2v) is 6.10. The Morgan fingerprint density at radius 3 is 2.58 bits per heavy atom. The highest BCUT2D eigenvalue weighted by Crippen LogP contribution is 2.36. The molecule has 0 radical (unpaired) electrons. The average molecular weight is 404 g/mol. The summed E-state index contributed by atoms with van der Waals surface area (Å²) in [6.07, 6.45) is 1.30. The van der Waals surface area contributed by atoms with Crippen LogP contribution >= 0.6 is 46.4 Å². The number of anilines is 1. The van der Waals surface area contributed by atoms with Crippen LogP contribution in [0.5, 0.6) is 0 Å². The van der Waals surface area contributed by atoms with E-state index in [-0.39, 0.29) is 31.5 Å². The molecule has 3 aromatic rings. The predicted molar refractivity (Wildman–Crippen MR) is 94.6 cm³/mol. The summed E-state index contributed by atoms with van der Waals surface area (Å²) in [7, 11) is 0. The summed E-state index contributed by atoms with van der Waals surface area (Å²) < 4.78 is 0. The summed E-state index contributed by atoms with van der Waals surface area (Å²) in [6, 6.07) is 4.66. The van der Waals surface area contributed by atoms with Crippen molar-refractivity contribution in [3.05, 3.63) is 60.8 Å². The summed E-state index contributed by atoms with van der Waals surface area (Å²) in [6.45, 7) is 0. The lowest BCUT2D eigenvalue weighted by molar-refractivity contribution is 0.102. The number of aromatic amines is 1. The molecule has 0 saturated heterocycles. The number of benzene rings is 1. The van der Waals surface area contributed by atoms with Crippen LogP contribution < -0.4 is 10.9 Å². The SMILES string of the molecule is O=C(Nc1ccc2nc[nH]c(=O)c2c1)c1nc(Cl)c(Cl)c(Cl)c1Cl. The second-order valence-electron chi connectivity index (χ2n) is 4.61. The van der Waals surface area contributed by atoms with Crippen LogP contribution in [0.4, 0.5) is 5.69 Å². The molecule has 0 saturated carbocycles. The number of aromatic nitrogens is 3. The molecule has 0 bridgehead atoms. The molecule has 0 spiro atoms. The zero-order chi connectivity index (χ0) is 17.4. The number of hydrogen-bond donors (Lipinski definition) is 2. The highest BCUT2D eigenvalue weighted by Gasteiger charge is 2.20. The lowest BCUT2D eigenvalue weighted by Gasteiger charge is -2.09. The minimum absolute atomic E-state index is 0.0387. The molecular formula is C14H6Cl4N4O2. The Hall–Kier alpha value is -1.86. The number of fused-ring (bicyclic) bond motifs is 1. The van der Waals surface area contributed by atoms with Gasteiger partial charge in [0.05, 0.1) is 32.3 Å². The molecule has 2 heterocycles. The molecule has 0 aliphatic heterocycles. The van der Waals surface area contributed by atoms with Crippen molar-refractivity contribution in [2.75, 3.05) is 5.32 Å². The number of nitrogens with one attached hydrogen (secondary N) is 2. The van der Waals surface area contributed by atoms with Crippen LogP contribution in [0.1, 0.15) is 10.5 Å². The van der Waals surface area contributed by atoms with Gasteiger partial charge in [-0.05, 0) is 18.2 Å². The van der Waals surface area contributed by atoms with Crippen LogP contribution in [0.2, 0.25) is 20.2 Å². The molecule has 3 rings (SSSR count). The van der Waals surface area contributed by atoms with Crippen LogP contribution in [-0.4, -0.2) is 20.9 Å². The van der Waals surface area contributed by atoms with Crippen molar-refractivity contribution < 1.29 is 4.79 Å². The third-order valence-electron chi connectivity index (χ3n) is 3.10.